The van der Waals surface area contributed by atoms with Gasteiger partial charge in [0.25, 0.3) is 0 Å². The number of alkyl halides is 3. The number of amides is 2. The van der Waals surface area contributed by atoms with E-state index in [0.29, 0.717) is 23.9 Å². The standard InChI is InChI=1S/C19H20F3N7O2/c1-12-9-13(2)29(28-12)17-10-16(25-11-26-17)23-7-8-24-18(30)27-14-3-5-15(6-4-14)31-19(20,21)22/h3-6,9-11H,7-8H2,1-2H3,(H,23,25,26)(H2,24,27,30). The van der Waals surface area contributed by atoms with Gasteiger partial charge in [-0.1, -0.05) is 0 Å². The minimum atomic E-state index is -4.76. The van der Waals surface area contributed by atoms with E-state index < -0.39 is 12.4 Å². The van der Waals surface area contributed by atoms with E-state index in [-0.39, 0.29) is 12.3 Å². The molecule has 0 unspecified atom stereocenters. The molecule has 0 bridgehead atoms. The van der Waals surface area contributed by atoms with E-state index in [2.05, 4.69) is 35.8 Å². The Labute approximate surface area is 175 Å². The highest BCUT2D eigenvalue weighted by molar-refractivity contribution is 5.89. The molecule has 0 saturated carbocycles. The van der Waals surface area contributed by atoms with Crippen molar-refractivity contribution in [2.24, 2.45) is 0 Å². The average Bonchev–Trinajstić information content (AvgIpc) is 3.04. The predicted octanol–water partition coefficient (Wildman–Crippen LogP) is 3.41. The van der Waals surface area contributed by atoms with Crippen LogP contribution in [0.4, 0.5) is 29.5 Å². The molecule has 3 aromatic rings. The molecule has 1 aromatic carbocycles. The maximum Gasteiger partial charge on any atom is 0.573 e. The summed E-state index contributed by atoms with van der Waals surface area (Å²) in [7, 11) is 0. The van der Waals surface area contributed by atoms with Gasteiger partial charge in [-0.15, -0.1) is 13.2 Å². The van der Waals surface area contributed by atoms with Crippen molar-refractivity contribution in [1.82, 2.24) is 25.1 Å². The summed E-state index contributed by atoms with van der Waals surface area (Å²) in [5.41, 5.74) is 2.15. The third-order valence-corrected chi connectivity index (χ3v) is 3.94. The Kier molecular flexibility index (Phi) is 6.58. The van der Waals surface area contributed by atoms with Gasteiger partial charge in [0.1, 0.15) is 17.9 Å². The van der Waals surface area contributed by atoms with E-state index in [9.17, 15) is 18.0 Å². The molecule has 0 spiro atoms. The third kappa shape index (κ3) is 6.59. The molecule has 0 fully saturated rings. The number of ether oxygens (including phenoxy) is 1. The molecular formula is C19H20F3N7O2. The molecule has 3 N–H and O–H groups in total. The SMILES string of the molecule is Cc1cc(C)n(-c2cc(NCCNC(=O)Nc3ccc(OC(F)(F)F)cc3)ncn2)n1. The second-order valence-electron chi connectivity index (χ2n) is 6.48. The van der Waals surface area contributed by atoms with Crippen LogP contribution in [-0.4, -0.2) is 45.2 Å². The number of nitrogens with zero attached hydrogens (tertiary/aromatic N) is 4. The molecule has 2 amide bonds. The van der Waals surface area contributed by atoms with E-state index in [1.54, 1.807) is 10.7 Å². The fraction of sp³-hybridized carbons (Fsp3) is 0.263. The highest BCUT2D eigenvalue weighted by Gasteiger charge is 2.30. The minimum Gasteiger partial charge on any atom is -0.406 e. The highest BCUT2D eigenvalue weighted by atomic mass is 19.4. The number of aromatic nitrogens is 4. The minimum absolute atomic E-state index is 0.278. The number of halogens is 3. The molecule has 2 heterocycles. The van der Waals surface area contributed by atoms with Gasteiger partial charge in [0.05, 0.1) is 5.69 Å². The van der Waals surface area contributed by atoms with Crippen LogP contribution in [0.3, 0.4) is 0 Å². The molecule has 0 atom stereocenters. The van der Waals surface area contributed by atoms with Crippen molar-refractivity contribution in [3.05, 3.63) is 54.1 Å². The lowest BCUT2D eigenvalue weighted by Gasteiger charge is -2.11. The van der Waals surface area contributed by atoms with Crippen LogP contribution in [0, 0.1) is 13.8 Å². The van der Waals surface area contributed by atoms with Crippen LogP contribution in [0.1, 0.15) is 11.4 Å². The molecule has 0 aliphatic heterocycles. The van der Waals surface area contributed by atoms with Crippen LogP contribution in [0.5, 0.6) is 5.75 Å². The first-order chi connectivity index (χ1) is 14.7. The van der Waals surface area contributed by atoms with E-state index in [4.69, 9.17) is 0 Å². The number of benzene rings is 1. The van der Waals surface area contributed by atoms with Gasteiger partial charge in [0.2, 0.25) is 0 Å². The van der Waals surface area contributed by atoms with Gasteiger partial charge in [0.15, 0.2) is 5.82 Å². The van der Waals surface area contributed by atoms with Crippen molar-refractivity contribution in [2.45, 2.75) is 20.2 Å². The van der Waals surface area contributed by atoms with Crippen LogP contribution in [-0.2, 0) is 0 Å². The molecule has 164 valence electrons. The summed E-state index contributed by atoms with van der Waals surface area (Å²) in [6.45, 7) is 4.49. The summed E-state index contributed by atoms with van der Waals surface area (Å²) in [5.74, 6) is 0.819. The summed E-state index contributed by atoms with van der Waals surface area (Å²) in [4.78, 5) is 20.3. The lowest BCUT2D eigenvalue weighted by Crippen LogP contribution is -2.32. The number of hydrogen-bond acceptors (Lipinski definition) is 6. The number of carbonyl (C=O) groups excluding carboxylic acids is 1. The number of carbonyl (C=O) groups is 1. The fourth-order valence-corrected chi connectivity index (χ4v) is 2.70. The third-order valence-electron chi connectivity index (χ3n) is 3.94. The molecule has 9 nitrogen and oxygen atoms in total. The summed E-state index contributed by atoms with van der Waals surface area (Å²) in [6, 6.07) is 8.01. The predicted molar refractivity (Wildman–Crippen MR) is 107 cm³/mol. The zero-order valence-corrected chi connectivity index (χ0v) is 16.7. The van der Waals surface area contributed by atoms with Crippen LogP contribution < -0.4 is 20.7 Å². The Morgan fingerprint density at radius 3 is 2.48 bits per heavy atom. The number of anilines is 2. The highest BCUT2D eigenvalue weighted by Crippen LogP contribution is 2.23. The van der Waals surface area contributed by atoms with Crippen LogP contribution in [0.25, 0.3) is 5.82 Å². The van der Waals surface area contributed by atoms with Crippen molar-refractivity contribution in [3.63, 3.8) is 0 Å². The number of urea groups is 1. The first-order valence-electron chi connectivity index (χ1n) is 9.20. The molecule has 0 radical (unpaired) electrons. The molecule has 0 saturated heterocycles. The number of rotatable bonds is 7. The van der Waals surface area contributed by atoms with Gasteiger partial charge in [0, 0.05) is 30.5 Å². The Morgan fingerprint density at radius 2 is 1.84 bits per heavy atom. The molecular weight excluding hydrogens is 415 g/mol. The number of nitrogens with one attached hydrogen (secondary N) is 3. The maximum atomic E-state index is 12.2. The second-order valence-corrected chi connectivity index (χ2v) is 6.48. The summed E-state index contributed by atoms with van der Waals surface area (Å²) in [5, 5.41) is 12.6. The Bertz CT molecular complexity index is 1040. The van der Waals surface area contributed by atoms with E-state index >= 15 is 0 Å². The maximum absolute atomic E-state index is 12.2. The molecule has 12 heteroatoms. The lowest BCUT2D eigenvalue weighted by atomic mass is 10.3. The number of hydrogen-bond donors (Lipinski definition) is 3. The lowest BCUT2D eigenvalue weighted by molar-refractivity contribution is -0.274. The van der Waals surface area contributed by atoms with E-state index in [1.807, 2.05) is 19.9 Å². The van der Waals surface area contributed by atoms with Crippen LogP contribution >= 0.6 is 0 Å². The fourth-order valence-electron chi connectivity index (χ4n) is 2.70. The Hall–Kier alpha value is -3.83. The van der Waals surface area contributed by atoms with Crippen molar-refractivity contribution in [3.8, 4) is 11.6 Å². The number of aryl methyl sites for hydroxylation is 2. The molecule has 0 aliphatic rings. The van der Waals surface area contributed by atoms with Crippen molar-refractivity contribution in [2.75, 3.05) is 23.7 Å². The zero-order valence-electron chi connectivity index (χ0n) is 16.7. The van der Waals surface area contributed by atoms with E-state index in [0.717, 1.165) is 23.5 Å². The Morgan fingerprint density at radius 1 is 1.10 bits per heavy atom. The van der Waals surface area contributed by atoms with Crippen molar-refractivity contribution < 1.29 is 22.7 Å². The van der Waals surface area contributed by atoms with E-state index in [1.165, 1.54) is 18.5 Å². The summed E-state index contributed by atoms with van der Waals surface area (Å²) in [6.07, 6.45) is -3.35. The van der Waals surface area contributed by atoms with Crippen LogP contribution in [0.2, 0.25) is 0 Å². The first kappa shape index (κ1) is 21.9. The summed E-state index contributed by atoms with van der Waals surface area (Å²) >= 11 is 0. The smallest absolute Gasteiger partial charge is 0.406 e. The molecule has 2 aromatic heterocycles. The second kappa shape index (κ2) is 9.32. The molecule has 0 aliphatic carbocycles. The van der Waals surface area contributed by atoms with Crippen LogP contribution in [0.15, 0.2) is 42.7 Å². The molecule has 3 rings (SSSR count). The first-order valence-corrected chi connectivity index (χ1v) is 9.20. The Balaban J connectivity index is 1.44. The van der Waals surface area contributed by atoms with Crippen molar-refractivity contribution >= 4 is 17.5 Å². The van der Waals surface area contributed by atoms with Crippen molar-refractivity contribution in [1.29, 1.82) is 0 Å². The largest absolute Gasteiger partial charge is 0.573 e. The van der Waals surface area contributed by atoms with Gasteiger partial charge in [-0.05, 0) is 44.2 Å². The van der Waals surface area contributed by atoms with Gasteiger partial charge in [-0.2, -0.15) is 5.10 Å². The molecule has 31 heavy (non-hydrogen) atoms. The van der Waals surface area contributed by atoms with Gasteiger partial charge in [-0.25, -0.2) is 19.4 Å². The van der Waals surface area contributed by atoms with Gasteiger partial charge < -0.3 is 20.7 Å². The van der Waals surface area contributed by atoms with Gasteiger partial charge >= 0.3 is 12.4 Å². The quantitative estimate of drug-likeness (QED) is 0.491. The monoisotopic (exact) mass is 435 g/mol. The zero-order chi connectivity index (χ0) is 22.4. The normalized spacial score (nSPS) is 11.1. The van der Waals surface area contributed by atoms with Gasteiger partial charge in [-0.3, -0.25) is 0 Å². The topological polar surface area (TPSA) is 106 Å². The average molecular weight is 435 g/mol. The summed E-state index contributed by atoms with van der Waals surface area (Å²) < 4.78 is 41.9.